The SMILES string of the molecule is CCCCCCCC.CCCCCCCOS(=O)(=O)O. The summed E-state index contributed by atoms with van der Waals surface area (Å²) in [5.74, 6) is 0. The van der Waals surface area contributed by atoms with Gasteiger partial charge in [-0.05, 0) is 6.42 Å². The largest absolute Gasteiger partial charge is 0.397 e. The Morgan fingerprint density at radius 3 is 1.35 bits per heavy atom. The van der Waals surface area contributed by atoms with Gasteiger partial charge in [0, 0.05) is 0 Å². The lowest BCUT2D eigenvalue weighted by Gasteiger charge is -1.99. The Morgan fingerprint density at radius 2 is 1.05 bits per heavy atom. The van der Waals surface area contributed by atoms with Gasteiger partial charge in [-0.15, -0.1) is 0 Å². The van der Waals surface area contributed by atoms with Gasteiger partial charge in [0.05, 0.1) is 6.61 Å². The molecule has 0 heterocycles. The zero-order valence-corrected chi connectivity index (χ0v) is 14.4. The van der Waals surface area contributed by atoms with Gasteiger partial charge in [0.2, 0.25) is 0 Å². The third-order valence-corrected chi connectivity index (χ3v) is 3.40. The first-order valence-corrected chi connectivity index (χ1v) is 9.46. The van der Waals surface area contributed by atoms with Crippen molar-refractivity contribution in [1.82, 2.24) is 0 Å². The van der Waals surface area contributed by atoms with E-state index < -0.39 is 10.4 Å². The van der Waals surface area contributed by atoms with Gasteiger partial charge < -0.3 is 0 Å². The summed E-state index contributed by atoms with van der Waals surface area (Å²) in [5.41, 5.74) is 0. The molecule has 4 nitrogen and oxygen atoms in total. The summed E-state index contributed by atoms with van der Waals surface area (Å²) in [6.45, 7) is 6.70. The molecular formula is C15H34O4S. The first-order valence-electron chi connectivity index (χ1n) is 8.09. The first-order chi connectivity index (χ1) is 9.47. The summed E-state index contributed by atoms with van der Waals surface area (Å²) >= 11 is 0. The van der Waals surface area contributed by atoms with Crippen molar-refractivity contribution in [3.05, 3.63) is 0 Å². The maximum Gasteiger partial charge on any atom is 0.397 e. The summed E-state index contributed by atoms with van der Waals surface area (Å²) in [4.78, 5) is 0. The Kier molecular flexibility index (Phi) is 18.7. The van der Waals surface area contributed by atoms with Crippen LogP contribution in [0.1, 0.15) is 91.4 Å². The highest BCUT2D eigenvalue weighted by atomic mass is 32.3. The van der Waals surface area contributed by atoms with Crippen LogP contribution in [0.4, 0.5) is 0 Å². The van der Waals surface area contributed by atoms with Crippen LogP contribution in [-0.4, -0.2) is 19.6 Å². The fourth-order valence-corrected chi connectivity index (χ4v) is 2.05. The topological polar surface area (TPSA) is 63.6 Å². The molecule has 0 aromatic rings. The molecule has 0 aliphatic carbocycles. The lowest BCUT2D eigenvalue weighted by Crippen LogP contribution is -2.04. The van der Waals surface area contributed by atoms with E-state index in [0.717, 1.165) is 25.7 Å². The third-order valence-electron chi connectivity index (χ3n) is 2.94. The molecule has 0 spiro atoms. The van der Waals surface area contributed by atoms with Gasteiger partial charge in [-0.2, -0.15) is 8.42 Å². The minimum Gasteiger partial charge on any atom is -0.264 e. The minimum atomic E-state index is -4.22. The second-order valence-corrected chi connectivity index (χ2v) is 6.17. The molecule has 0 aliphatic rings. The summed E-state index contributed by atoms with van der Waals surface area (Å²) in [7, 11) is -4.22. The molecule has 0 fully saturated rings. The molecule has 20 heavy (non-hydrogen) atoms. The summed E-state index contributed by atoms with van der Waals surface area (Å²) in [6, 6.07) is 0. The fourth-order valence-electron chi connectivity index (χ4n) is 1.72. The molecule has 1 N–H and O–H groups in total. The molecule has 0 aromatic heterocycles. The van der Waals surface area contributed by atoms with E-state index in [9.17, 15) is 8.42 Å². The van der Waals surface area contributed by atoms with Crippen molar-refractivity contribution in [2.45, 2.75) is 91.4 Å². The molecule has 0 unspecified atom stereocenters. The first kappa shape index (κ1) is 22.2. The summed E-state index contributed by atoms with van der Waals surface area (Å²) < 4.78 is 32.4. The Morgan fingerprint density at radius 1 is 0.700 bits per heavy atom. The van der Waals surface area contributed by atoms with Crippen LogP contribution in [0.15, 0.2) is 0 Å². The highest BCUT2D eigenvalue weighted by Crippen LogP contribution is 2.03. The summed E-state index contributed by atoms with van der Waals surface area (Å²) in [5, 5.41) is 0. The molecule has 0 saturated carbocycles. The van der Waals surface area contributed by atoms with Gasteiger partial charge in [-0.25, -0.2) is 4.18 Å². The van der Waals surface area contributed by atoms with E-state index in [-0.39, 0.29) is 6.61 Å². The van der Waals surface area contributed by atoms with E-state index >= 15 is 0 Å². The highest BCUT2D eigenvalue weighted by molar-refractivity contribution is 7.80. The molecule has 0 bridgehead atoms. The van der Waals surface area contributed by atoms with Crippen LogP contribution in [0.2, 0.25) is 0 Å². The molecule has 0 aromatic carbocycles. The maximum atomic E-state index is 10.1. The van der Waals surface area contributed by atoms with Crippen LogP contribution in [-0.2, 0) is 14.6 Å². The van der Waals surface area contributed by atoms with E-state index in [1.54, 1.807) is 0 Å². The van der Waals surface area contributed by atoms with Crippen LogP contribution in [0.5, 0.6) is 0 Å². The normalized spacial score (nSPS) is 11.0. The lowest BCUT2D eigenvalue weighted by molar-refractivity contribution is 0.261. The zero-order chi connectivity index (χ0) is 15.7. The summed E-state index contributed by atoms with van der Waals surface area (Å²) in [6.07, 6.45) is 13.5. The fraction of sp³-hybridized carbons (Fsp3) is 1.00. The molecule has 0 saturated heterocycles. The quantitative estimate of drug-likeness (QED) is 0.400. The van der Waals surface area contributed by atoms with Crippen molar-refractivity contribution in [1.29, 1.82) is 0 Å². The molecule has 124 valence electrons. The van der Waals surface area contributed by atoms with Gasteiger partial charge >= 0.3 is 10.4 Å². The monoisotopic (exact) mass is 310 g/mol. The molecular weight excluding hydrogens is 276 g/mol. The second kappa shape index (κ2) is 16.9. The molecule has 5 heteroatoms. The Hall–Kier alpha value is -0.130. The molecule has 0 radical (unpaired) electrons. The average molecular weight is 310 g/mol. The number of hydrogen-bond acceptors (Lipinski definition) is 3. The molecule has 0 atom stereocenters. The maximum absolute atomic E-state index is 10.1. The van der Waals surface area contributed by atoms with Crippen molar-refractivity contribution < 1.29 is 17.2 Å². The number of hydrogen-bond donors (Lipinski definition) is 1. The van der Waals surface area contributed by atoms with E-state index in [1.165, 1.54) is 38.5 Å². The lowest BCUT2D eigenvalue weighted by atomic mass is 10.1. The third kappa shape index (κ3) is 26.4. The van der Waals surface area contributed by atoms with Crippen molar-refractivity contribution >= 4 is 10.4 Å². The minimum absolute atomic E-state index is 0.0859. The van der Waals surface area contributed by atoms with Crippen LogP contribution >= 0.6 is 0 Å². The van der Waals surface area contributed by atoms with Gasteiger partial charge in [0.15, 0.2) is 0 Å². The van der Waals surface area contributed by atoms with Gasteiger partial charge in [0.1, 0.15) is 0 Å². The number of rotatable bonds is 12. The van der Waals surface area contributed by atoms with Crippen molar-refractivity contribution in [2.24, 2.45) is 0 Å². The van der Waals surface area contributed by atoms with Crippen LogP contribution in [0.3, 0.4) is 0 Å². The average Bonchev–Trinajstić information content (AvgIpc) is 2.38. The smallest absolute Gasteiger partial charge is 0.264 e. The van der Waals surface area contributed by atoms with E-state index in [0.29, 0.717) is 6.42 Å². The highest BCUT2D eigenvalue weighted by Gasteiger charge is 2.02. The molecule has 0 aliphatic heterocycles. The molecule has 0 amide bonds. The Balaban J connectivity index is 0. The predicted molar refractivity (Wildman–Crippen MR) is 85.3 cm³/mol. The van der Waals surface area contributed by atoms with Crippen molar-refractivity contribution in [3.8, 4) is 0 Å². The van der Waals surface area contributed by atoms with Crippen LogP contribution in [0.25, 0.3) is 0 Å². The second-order valence-electron chi connectivity index (χ2n) is 5.08. The molecule has 0 rings (SSSR count). The Bertz CT molecular complexity index is 257. The van der Waals surface area contributed by atoms with E-state index in [2.05, 4.69) is 25.0 Å². The van der Waals surface area contributed by atoms with Crippen LogP contribution < -0.4 is 0 Å². The van der Waals surface area contributed by atoms with E-state index in [4.69, 9.17) is 4.55 Å². The Labute approximate surface area is 126 Å². The van der Waals surface area contributed by atoms with E-state index in [1.807, 2.05) is 0 Å². The zero-order valence-electron chi connectivity index (χ0n) is 13.6. The van der Waals surface area contributed by atoms with Crippen molar-refractivity contribution in [3.63, 3.8) is 0 Å². The van der Waals surface area contributed by atoms with Gasteiger partial charge in [-0.3, -0.25) is 4.55 Å². The van der Waals surface area contributed by atoms with Crippen LogP contribution in [0, 0.1) is 0 Å². The van der Waals surface area contributed by atoms with Gasteiger partial charge in [0.25, 0.3) is 0 Å². The van der Waals surface area contributed by atoms with Crippen molar-refractivity contribution in [2.75, 3.05) is 6.61 Å². The standard InChI is InChI=1S/C8H18.C7H16O4S/c1-3-5-7-8-6-4-2;1-2-3-4-5-6-7-11-12(8,9)10/h3-8H2,1-2H3;2-7H2,1H3,(H,8,9,10). The van der Waals surface area contributed by atoms with Gasteiger partial charge in [-0.1, -0.05) is 85.0 Å². The number of unbranched alkanes of at least 4 members (excludes halogenated alkanes) is 9. The predicted octanol–water partition coefficient (Wildman–Crippen LogP) is 5.14.